The van der Waals surface area contributed by atoms with Crippen molar-refractivity contribution < 1.29 is 28.6 Å². The molecule has 0 spiro atoms. The molecule has 68 heavy (non-hydrogen) atoms. The summed E-state index contributed by atoms with van der Waals surface area (Å²) in [6, 6.07) is 0. The summed E-state index contributed by atoms with van der Waals surface area (Å²) in [4.78, 5) is 38.1. The number of hydrogen-bond acceptors (Lipinski definition) is 6. The highest BCUT2D eigenvalue weighted by Gasteiger charge is 2.19. The van der Waals surface area contributed by atoms with E-state index < -0.39 is 6.10 Å². The van der Waals surface area contributed by atoms with Crippen LogP contribution in [0.15, 0.2) is 109 Å². The van der Waals surface area contributed by atoms with Crippen LogP contribution >= 0.6 is 0 Å². The lowest BCUT2D eigenvalue weighted by molar-refractivity contribution is -0.167. The molecule has 6 heteroatoms. The van der Waals surface area contributed by atoms with E-state index in [-0.39, 0.29) is 37.5 Å². The van der Waals surface area contributed by atoms with Gasteiger partial charge in [0.1, 0.15) is 13.2 Å². The molecule has 0 aliphatic heterocycles. The zero-order chi connectivity index (χ0) is 49.3. The van der Waals surface area contributed by atoms with Gasteiger partial charge in [0.25, 0.3) is 0 Å². The lowest BCUT2D eigenvalue weighted by Gasteiger charge is -2.18. The molecular weight excluding hydrogens is 841 g/mol. The zero-order valence-electron chi connectivity index (χ0n) is 44.1. The summed E-state index contributed by atoms with van der Waals surface area (Å²) < 4.78 is 16.8. The topological polar surface area (TPSA) is 78.9 Å². The van der Waals surface area contributed by atoms with E-state index in [0.717, 1.165) is 109 Å². The molecule has 1 unspecified atom stereocenters. The number of rotatable bonds is 49. The third-order valence-electron chi connectivity index (χ3n) is 11.6. The lowest BCUT2D eigenvalue weighted by atomic mass is 10.1. The monoisotopic (exact) mass is 943 g/mol. The van der Waals surface area contributed by atoms with E-state index in [1.54, 1.807) is 0 Å². The highest BCUT2D eigenvalue weighted by Crippen LogP contribution is 2.13. The quantitative estimate of drug-likeness (QED) is 0.0262. The number of carbonyl (C=O) groups is 3. The number of hydrogen-bond donors (Lipinski definition) is 0. The highest BCUT2D eigenvalue weighted by atomic mass is 16.6. The average Bonchev–Trinajstić information content (AvgIpc) is 3.34. The van der Waals surface area contributed by atoms with E-state index in [0.29, 0.717) is 12.8 Å². The van der Waals surface area contributed by atoms with Crippen LogP contribution in [-0.2, 0) is 28.6 Å². The van der Waals surface area contributed by atoms with Crippen molar-refractivity contribution in [3.05, 3.63) is 109 Å². The van der Waals surface area contributed by atoms with Crippen LogP contribution in [0.3, 0.4) is 0 Å². The SMILES string of the molecule is CCC\C=C/C=C\C=C/C=C\C=C/CCCCCCCC(=O)OCC(COC(=O)CCCCC/C=C\C=C/CCCCCCCCC)OC(=O)CCCCC/C=C\C=C/CCCCCCCCC. The minimum absolute atomic E-state index is 0.112. The number of carbonyl (C=O) groups excluding carboxylic acids is 3. The average molecular weight is 943 g/mol. The van der Waals surface area contributed by atoms with Crippen molar-refractivity contribution in [3.8, 4) is 0 Å². The van der Waals surface area contributed by atoms with Crippen molar-refractivity contribution in [2.75, 3.05) is 13.2 Å². The van der Waals surface area contributed by atoms with Gasteiger partial charge in [-0.25, -0.2) is 0 Å². The van der Waals surface area contributed by atoms with Crippen LogP contribution in [0.4, 0.5) is 0 Å². The summed E-state index contributed by atoms with van der Waals surface area (Å²) in [6.45, 7) is 6.47. The van der Waals surface area contributed by atoms with Crippen molar-refractivity contribution in [2.45, 2.75) is 252 Å². The molecule has 1 atom stereocenters. The van der Waals surface area contributed by atoms with Crippen LogP contribution in [-0.4, -0.2) is 37.2 Å². The van der Waals surface area contributed by atoms with Crippen LogP contribution in [0.1, 0.15) is 245 Å². The molecule has 0 saturated heterocycles. The van der Waals surface area contributed by atoms with Gasteiger partial charge in [-0.15, -0.1) is 0 Å². The van der Waals surface area contributed by atoms with Gasteiger partial charge in [0.05, 0.1) is 0 Å². The summed E-state index contributed by atoms with van der Waals surface area (Å²) in [7, 11) is 0. The fourth-order valence-corrected chi connectivity index (χ4v) is 7.39. The van der Waals surface area contributed by atoms with Gasteiger partial charge in [-0.1, -0.05) is 246 Å². The fourth-order valence-electron chi connectivity index (χ4n) is 7.39. The third-order valence-corrected chi connectivity index (χ3v) is 11.6. The van der Waals surface area contributed by atoms with E-state index >= 15 is 0 Å². The molecule has 0 radical (unpaired) electrons. The van der Waals surface area contributed by atoms with E-state index in [9.17, 15) is 14.4 Å². The Morgan fingerprint density at radius 3 is 0.912 bits per heavy atom. The van der Waals surface area contributed by atoms with Gasteiger partial charge in [-0.05, 0) is 89.9 Å². The molecule has 386 valence electrons. The Labute approximate surface area is 419 Å². The second-order valence-corrected chi connectivity index (χ2v) is 18.3. The Kier molecular flexibility index (Phi) is 52.4. The number of allylic oxidation sites excluding steroid dienone is 18. The first-order chi connectivity index (χ1) is 33.5. The fraction of sp³-hybridized carbons (Fsp3) is 0.661. The van der Waals surface area contributed by atoms with Crippen LogP contribution in [0, 0.1) is 0 Å². The number of unbranched alkanes of at least 4 members (excludes halogenated alkanes) is 26. The molecule has 0 aromatic carbocycles. The van der Waals surface area contributed by atoms with E-state index in [1.165, 1.54) is 96.3 Å². The molecular formula is C62H102O6. The highest BCUT2D eigenvalue weighted by molar-refractivity contribution is 5.71. The number of esters is 3. The molecule has 0 bridgehead atoms. The molecule has 0 heterocycles. The summed E-state index contributed by atoms with van der Waals surface area (Å²) >= 11 is 0. The van der Waals surface area contributed by atoms with E-state index in [1.807, 2.05) is 24.3 Å². The molecule has 6 nitrogen and oxygen atoms in total. The standard InChI is InChI=1S/C62H102O6/c1-4-7-10-13-16-19-22-25-28-31-32-35-37-40-43-46-49-52-55-61(64)67-58-59(68-62(65)56-53-50-47-44-41-38-34-30-27-24-21-18-15-12-9-6-3)57-66-60(63)54-51-48-45-42-39-36-33-29-26-23-20-17-14-11-8-5-2/h10,13,16,19,22,25,28-36,38-39,41,59H,4-9,11-12,14-15,17-18,20-21,23-24,26-27,37,40,42-58H2,1-3H3/b13-10-,19-16-,25-22-,31-28-,33-29-,34-30-,35-32-,39-36-,41-38-. The maximum atomic E-state index is 12.8. The van der Waals surface area contributed by atoms with Crippen molar-refractivity contribution in [1.82, 2.24) is 0 Å². The Bertz CT molecular complexity index is 1410. The van der Waals surface area contributed by atoms with Crippen LogP contribution in [0.5, 0.6) is 0 Å². The zero-order valence-corrected chi connectivity index (χ0v) is 44.1. The Morgan fingerprint density at radius 1 is 0.294 bits per heavy atom. The maximum absolute atomic E-state index is 12.8. The van der Waals surface area contributed by atoms with Gasteiger partial charge in [0, 0.05) is 19.3 Å². The summed E-state index contributed by atoms with van der Waals surface area (Å²) in [5.74, 6) is -0.989. The molecule has 0 rings (SSSR count). The lowest BCUT2D eigenvalue weighted by Crippen LogP contribution is -2.30. The summed E-state index contributed by atoms with van der Waals surface area (Å²) in [5, 5.41) is 0. The maximum Gasteiger partial charge on any atom is 0.306 e. The first kappa shape index (κ1) is 64.1. The molecule has 0 aromatic rings. The first-order valence-electron chi connectivity index (χ1n) is 28.0. The minimum Gasteiger partial charge on any atom is -0.462 e. The third kappa shape index (κ3) is 53.0. The van der Waals surface area contributed by atoms with E-state index in [4.69, 9.17) is 14.2 Å². The van der Waals surface area contributed by atoms with Gasteiger partial charge in [0.15, 0.2) is 6.10 Å². The first-order valence-corrected chi connectivity index (χ1v) is 28.0. The minimum atomic E-state index is -0.816. The molecule has 0 saturated carbocycles. The van der Waals surface area contributed by atoms with Gasteiger partial charge >= 0.3 is 17.9 Å². The van der Waals surface area contributed by atoms with Crippen LogP contribution < -0.4 is 0 Å². The van der Waals surface area contributed by atoms with Gasteiger partial charge < -0.3 is 14.2 Å². The van der Waals surface area contributed by atoms with Crippen LogP contribution in [0.25, 0.3) is 0 Å². The largest absolute Gasteiger partial charge is 0.462 e. The summed E-state index contributed by atoms with van der Waals surface area (Å²) in [6.07, 6.45) is 75.0. The van der Waals surface area contributed by atoms with Crippen molar-refractivity contribution in [2.24, 2.45) is 0 Å². The van der Waals surface area contributed by atoms with Gasteiger partial charge in [0.2, 0.25) is 0 Å². The molecule has 0 aliphatic carbocycles. The second kappa shape index (κ2) is 55.7. The normalized spacial score (nSPS) is 12.9. The van der Waals surface area contributed by atoms with Crippen LogP contribution in [0.2, 0.25) is 0 Å². The van der Waals surface area contributed by atoms with Crippen molar-refractivity contribution in [1.29, 1.82) is 0 Å². The predicted molar refractivity (Wildman–Crippen MR) is 293 cm³/mol. The second-order valence-electron chi connectivity index (χ2n) is 18.3. The Morgan fingerprint density at radius 2 is 0.559 bits per heavy atom. The Balaban J connectivity index is 4.54. The molecule has 0 aliphatic rings. The van der Waals surface area contributed by atoms with Crippen molar-refractivity contribution in [3.63, 3.8) is 0 Å². The summed E-state index contributed by atoms with van der Waals surface area (Å²) in [5.41, 5.74) is 0. The predicted octanol–water partition coefficient (Wildman–Crippen LogP) is 18.7. The van der Waals surface area contributed by atoms with Crippen molar-refractivity contribution >= 4 is 17.9 Å². The molecule has 0 N–H and O–H groups in total. The molecule has 0 amide bonds. The smallest absolute Gasteiger partial charge is 0.306 e. The number of ether oxygens (including phenoxy) is 3. The molecule has 0 fully saturated rings. The van der Waals surface area contributed by atoms with Gasteiger partial charge in [-0.2, -0.15) is 0 Å². The van der Waals surface area contributed by atoms with E-state index in [2.05, 4.69) is 106 Å². The van der Waals surface area contributed by atoms with Gasteiger partial charge in [-0.3, -0.25) is 14.4 Å². The molecule has 0 aromatic heterocycles. The Hall–Kier alpha value is -3.93.